The number of nitrogens with one attached hydrogen (secondary N) is 1. The van der Waals surface area contributed by atoms with Crippen molar-refractivity contribution in [3.8, 4) is 0 Å². The zero-order chi connectivity index (χ0) is 12.5. The highest BCUT2D eigenvalue weighted by Crippen LogP contribution is 2.31. The molecule has 0 saturated carbocycles. The quantitative estimate of drug-likeness (QED) is 0.534. The van der Waals surface area contributed by atoms with Gasteiger partial charge in [0.1, 0.15) is 0 Å². The number of para-hydroxylation sites is 2. The number of hydrogen-bond donors (Lipinski definition) is 2. The van der Waals surface area contributed by atoms with Gasteiger partial charge in [-0.25, -0.2) is 4.98 Å². The second-order valence-electron chi connectivity index (χ2n) is 3.85. The number of imidazole rings is 1. The zero-order valence-corrected chi connectivity index (χ0v) is 12.3. The summed E-state index contributed by atoms with van der Waals surface area (Å²) in [6.45, 7) is 0. The molecule has 0 spiro atoms. The average Bonchev–Trinajstić information content (AvgIpc) is 2.75. The van der Waals surface area contributed by atoms with Gasteiger partial charge in [0.15, 0.2) is 5.16 Å². The van der Waals surface area contributed by atoms with Gasteiger partial charge in [0.25, 0.3) is 0 Å². The summed E-state index contributed by atoms with van der Waals surface area (Å²) in [5.41, 5.74) is 8.58. The highest BCUT2D eigenvalue weighted by Gasteiger charge is 2.07. The lowest BCUT2D eigenvalue weighted by atomic mass is 10.3. The van der Waals surface area contributed by atoms with Gasteiger partial charge >= 0.3 is 0 Å². The summed E-state index contributed by atoms with van der Waals surface area (Å²) < 4.78 is 1.14. The first-order valence-corrected chi connectivity index (χ1v) is 7.29. The third-order valence-corrected chi connectivity index (χ3v) is 4.75. The van der Waals surface area contributed by atoms with E-state index in [0.717, 1.165) is 30.3 Å². The Balaban J connectivity index is 1.96. The SMILES string of the molecule is Nc1ccc(Sc2nc3ccccc3[nH]2)c(I)c1. The maximum atomic E-state index is 5.74. The molecule has 18 heavy (non-hydrogen) atoms. The van der Waals surface area contributed by atoms with Crippen LogP contribution in [-0.4, -0.2) is 9.97 Å². The van der Waals surface area contributed by atoms with Crippen LogP contribution in [0, 0.1) is 3.57 Å². The van der Waals surface area contributed by atoms with Crippen molar-refractivity contribution in [2.24, 2.45) is 0 Å². The molecule has 0 fully saturated rings. The second kappa shape index (κ2) is 4.81. The standard InChI is InChI=1S/C13H10IN3S/c14-9-7-8(15)5-6-12(9)18-13-16-10-3-1-2-4-11(10)17-13/h1-7H,15H2,(H,16,17). The molecule has 1 heterocycles. The predicted octanol–water partition coefficient (Wildman–Crippen LogP) is 3.90. The largest absolute Gasteiger partial charge is 0.399 e. The maximum absolute atomic E-state index is 5.74. The molecule has 0 unspecified atom stereocenters. The molecule has 0 atom stereocenters. The Labute approximate surface area is 122 Å². The molecule has 0 bridgehead atoms. The van der Waals surface area contributed by atoms with Gasteiger partial charge in [-0.1, -0.05) is 23.9 Å². The predicted molar refractivity (Wildman–Crippen MR) is 83.8 cm³/mol. The van der Waals surface area contributed by atoms with Crippen LogP contribution in [0.4, 0.5) is 5.69 Å². The lowest BCUT2D eigenvalue weighted by Crippen LogP contribution is -1.87. The van der Waals surface area contributed by atoms with Crippen LogP contribution in [0.25, 0.3) is 11.0 Å². The summed E-state index contributed by atoms with van der Waals surface area (Å²) in [5, 5.41) is 0.902. The molecule has 3 rings (SSSR count). The van der Waals surface area contributed by atoms with Crippen molar-refractivity contribution in [3.63, 3.8) is 0 Å². The number of fused-ring (bicyclic) bond motifs is 1. The normalized spacial score (nSPS) is 10.9. The van der Waals surface area contributed by atoms with Crippen LogP contribution >= 0.6 is 34.4 Å². The molecule has 0 aliphatic carbocycles. The number of nitrogen functional groups attached to an aromatic ring is 1. The zero-order valence-electron chi connectivity index (χ0n) is 9.35. The number of benzene rings is 2. The van der Waals surface area contributed by atoms with Gasteiger partial charge < -0.3 is 10.7 Å². The van der Waals surface area contributed by atoms with Crippen LogP contribution in [0.15, 0.2) is 52.5 Å². The molecule has 0 amide bonds. The number of hydrogen-bond acceptors (Lipinski definition) is 3. The van der Waals surface area contributed by atoms with Gasteiger partial charge in [0.2, 0.25) is 0 Å². The van der Waals surface area contributed by atoms with Crippen molar-refractivity contribution in [3.05, 3.63) is 46.0 Å². The summed E-state index contributed by atoms with van der Waals surface area (Å²) in [6.07, 6.45) is 0. The molecule has 0 aliphatic rings. The number of nitrogens with two attached hydrogens (primary N) is 1. The number of halogens is 1. The molecular weight excluding hydrogens is 357 g/mol. The average molecular weight is 367 g/mol. The van der Waals surface area contributed by atoms with Gasteiger partial charge in [0, 0.05) is 14.2 Å². The lowest BCUT2D eigenvalue weighted by molar-refractivity contribution is 1.08. The van der Waals surface area contributed by atoms with Crippen LogP contribution in [0.1, 0.15) is 0 Å². The molecule has 3 nitrogen and oxygen atoms in total. The Kier molecular flexibility index (Phi) is 3.17. The van der Waals surface area contributed by atoms with E-state index in [1.807, 2.05) is 42.5 Å². The first-order valence-electron chi connectivity index (χ1n) is 5.40. The van der Waals surface area contributed by atoms with Crippen molar-refractivity contribution in [2.75, 3.05) is 5.73 Å². The molecule has 3 N–H and O–H groups in total. The Morgan fingerprint density at radius 1 is 1.17 bits per heavy atom. The number of H-pyrrole nitrogens is 1. The van der Waals surface area contributed by atoms with E-state index in [9.17, 15) is 0 Å². The minimum atomic E-state index is 0.786. The van der Waals surface area contributed by atoms with Crippen LogP contribution < -0.4 is 5.73 Å². The Bertz CT molecular complexity index is 675. The van der Waals surface area contributed by atoms with Gasteiger partial charge in [-0.15, -0.1) is 0 Å². The molecule has 2 aromatic carbocycles. The molecule has 0 saturated heterocycles. The van der Waals surface area contributed by atoms with E-state index in [-0.39, 0.29) is 0 Å². The number of rotatable bonds is 2. The van der Waals surface area contributed by atoms with Crippen molar-refractivity contribution >= 4 is 51.1 Å². The van der Waals surface area contributed by atoms with E-state index in [4.69, 9.17) is 5.73 Å². The van der Waals surface area contributed by atoms with Gasteiger partial charge in [0.05, 0.1) is 11.0 Å². The lowest BCUT2D eigenvalue weighted by Gasteiger charge is -2.02. The topological polar surface area (TPSA) is 54.7 Å². The smallest absolute Gasteiger partial charge is 0.171 e. The first kappa shape index (κ1) is 11.9. The van der Waals surface area contributed by atoms with E-state index in [0.29, 0.717) is 0 Å². The highest BCUT2D eigenvalue weighted by molar-refractivity contribution is 14.1. The molecule has 90 valence electrons. The molecule has 0 radical (unpaired) electrons. The van der Waals surface area contributed by atoms with E-state index in [1.165, 1.54) is 0 Å². The fourth-order valence-electron chi connectivity index (χ4n) is 1.68. The van der Waals surface area contributed by atoms with Crippen LogP contribution in [0.2, 0.25) is 0 Å². The third-order valence-electron chi connectivity index (χ3n) is 2.53. The van der Waals surface area contributed by atoms with E-state index >= 15 is 0 Å². The Hall–Kier alpha value is -1.21. The summed E-state index contributed by atoms with van der Waals surface area (Å²) >= 11 is 3.91. The van der Waals surface area contributed by atoms with Gasteiger partial charge in [-0.3, -0.25) is 0 Å². The number of aromatic nitrogens is 2. The summed E-state index contributed by atoms with van der Waals surface area (Å²) in [4.78, 5) is 9.00. The van der Waals surface area contributed by atoms with Gasteiger partial charge in [-0.2, -0.15) is 0 Å². The molecule has 5 heteroatoms. The Morgan fingerprint density at radius 2 is 2.00 bits per heavy atom. The molecule has 1 aromatic heterocycles. The Morgan fingerprint density at radius 3 is 2.78 bits per heavy atom. The summed E-state index contributed by atoms with van der Waals surface area (Å²) in [5.74, 6) is 0. The number of aromatic amines is 1. The highest BCUT2D eigenvalue weighted by atomic mass is 127. The van der Waals surface area contributed by atoms with Crippen molar-refractivity contribution < 1.29 is 0 Å². The summed E-state index contributed by atoms with van der Waals surface area (Å²) in [6, 6.07) is 13.9. The molecule has 3 aromatic rings. The fraction of sp³-hybridized carbons (Fsp3) is 0. The fourth-order valence-corrected chi connectivity index (χ4v) is 3.36. The van der Waals surface area contributed by atoms with Crippen molar-refractivity contribution in [1.82, 2.24) is 9.97 Å². The van der Waals surface area contributed by atoms with Crippen molar-refractivity contribution in [1.29, 1.82) is 0 Å². The number of anilines is 1. The molecule has 0 aliphatic heterocycles. The first-order chi connectivity index (χ1) is 8.72. The monoisotopic (exact) mass is 367 g/mol. The van der Waals surface area contributed by atoms with Gasteiger partial charge in [-0.05, 0) is 52.9 Å². The van der Waals surface area contributed by atoms with Crippen LogP contribution in [0.5, 0.6) is 0 Å². The van der Waals surface area contributed by atoms with Crippen LogP contribution in [0.3, 0.4) is 0 Å². The second-order valence-corrected chi connectivity index (χ2v) is 6.04. The van der Waals surface area contributed by atoms with Crippen LogP contribution in [-0.2, 0) is 0 Å². The molecular formula is C13H10IN3S. The third kappa shape index (κ3) is 2.32. The van der Waals surface area contributed by atoms with E-state index in [1.54, 1.807) is 11.8 Å². The minimum absolute atomic E-state index is 0.786. The minimum Gasteiger partial charge on any atom is -0.399 e. The van der Waals surface area contributed by atoms with E-state index < -0.39 is 0 Å². The summed E-state index contributed by atoms with van der Waals surface area (Å²) in [7, 11) is 0. The van der Waals surface area contributed by atoms with E-state index in [2.05, 4.69) is 32.6 Å². The maximum Gasteiger partial charge on any atom is 0.171 e. The van der Waals surface area contributed by atoms with Crippen molar-refractivity contribution in [2.45, 2.75) is 10.1 Å². The number of nitrogens with zero attached hydrogens (tertiary/aromatic N) is 1.